The van der Waals surface area contributed by atoms with Crippen molar-refractivity contribution in [2.24, 2.45) is 11.8 Å². The molecule has 2 aliphatic rings. The summed E-state index contributed by atoms with van der Waals surface area (Å²) in [4.78, 5) is 30.8. The Balaban J connectivity index is 0.000000591. The highest BCUT2D eigenvalue weighted by atomic mass is 35.5. The van der Waals surface area contributed by atoms with Gasteiger partial charge < -0.3 is 35.2 Å². The molecule has 0 aromatic heterocycles. The largest absolute Gasteiger partial charge is 0.444 e. The second-order valence-electron chi connectivity index (χ2n) is 16.3. The zero-order valence-corrected chi connectivity index (χ0v) is 35.4. The number of nitriles is 2. The molecule has 2 aromatic carbocycles. The lowest BCUT2D eigenvalue weighted by Gasteiger charge is -2.37. The first-order chi connectivity index (χ1) is 24.3. The van der Waals surface area contributed by atoms with Crippen LogP contribution in [0.25, 0.3) is 0 Å². The smallest absolute Gasteiger partial charge is 0.412 e. The summed E-state index contributed by atoms with van der Waals surface area (Å²) in [7, 11) is 0. The number of nitrogens with zero attached hydrogens (tertiary/aromatic N) is 5. The molecule has 14 heteroatoms. The SMILES string of the molecule is CC(C)Cc1cc(N2CCN(C(=O)OC(C)(C)C)CC2)c(C#N)cc1NC(=O)OC(C)(C)C.CC(C)Cc1cc(N2CCNCC2)c(C#N)cc1N.Cl.Cl. The van der Waals surface area contributed by atoms with Crippen molar-refractivity contribution in [3.05, 3.63) is 46.5 Å². The first kappa shape index (κ1) is 47.9. The first-order valence-corrected chi connectivity index (χ1v) is 18.4. The molecule has 4 rings (SSSR count). The number of benzene rings is 2. The topological polar surface area (TPSA) is 160 Å². The van der Waals surface area contributed by atoms with Gasteiger partial charge in [0.1, 0.15) is 23.3 Å². The van der Waals surface area contributed by atoms with E-state index >= 15 is 0 Å². The molecule has 2 aliphatic heterocycles. The summed E-state index contributed by atoms with van der Waals surface area (Å²) in [6.07, 6.45) is 0.827. The predicted molar refractivity (Wildman–Crippen MR) is 223 cm³/mol. The Morgan fingerprint density at radius 1 is 0.759 bits per heavy atom. The number of rotatable bonds is 7. The van der Waals surface area contributed by atoms with Crippen LogP contribution in [0.1, 0.15) is 91.5 Å². The fraction of sp³-hybridized carbons (Fsp3) is 0.600. The fourth-order valence-corrected chi connectivity index (χ4v) is 6.10. The van der Waals surface area contributed by atoms with E-state index in [1.54, 1.807) is 11.0 Å². The third-order valence-electron chi connectivity index (χ3n) is 8.34. The molecule has 300 valence electrons. The van der Waals surface area contributed by atoms with Gasteiger partial charge in [0.15, 0.2) is 0 Å². The average Bonchev–Trinajstić information content (AvgIpc) is 3.04. The van der Waals surface area contributed by atoms with Crippen LogP contribution in [0, 0.1) is 34.5 Å². The Morgan fingerprint density at radius 3 is 1.70 bits per heavy atom. The highest BCUT2D eigenvalue weighted by molar-refractivity contribution is 5.87. The van der Waals surface area contributed by atoms with Gasteiger partial charge in [-0.1, -0.05) is 27.7 Å². The number of nitrogens with two attached hydrogens (primary N) is 1. The Morgan fingerprint density at radius 2 is 1.22 bits per heavy atom. The van der Waals surface area contributed by atoms with Gasteiger partial charge in [-0.25, -0.2) is 9.59 Å². The quantitative estimate of drug-likeness (QED) is 0.237. The van der Waals surface area contributed by atoms with E-state index in [1.807, 2.05) is 53.7 Å². The number of carbonyl (C=O) groups is 2. The van der Waals surface area contributed by atoms with Crippen LogP contribution in [0.3, 0.4) is 0 Å². The van der Waals surface area contributed by atoms with Gasteiger partial charge in [0.05, 0.1) is 22.5 Å². The van der Waals surface area contributed by atoms with Crippen molar-refractivity contribution in [1.82, 2.24) is 10.2 Å². The summed E-state index contributed by atoms with van der Waals surface area (Å²) in [5.41, 5.74) is 11.3. The van der Waals surface area contributed by atoms with E-state index in [-0.39, 0.29) is 30.9 Å². The number of nitrogens with one attached hydrogen (secondary N) is 2. The average molecular weight is 790 g/mol. The molecule has 4 N–H and O–H groups in total. The van der Waals surface area contributed by atoms with Gasteiger partial charge in [-0.3, -0.25) is 5.32 Å². The molecule has 54 heavy (non-hydrogen) atoms. The highest BCUT2D eigenvalue weighted by Gasteiger charge is 2.28. The molecule has 2 saturated heterocycles. The van der Waals surface area contributed by atoms with Crippen molar-refractivity contribution >= 4 is 59.8 Å². The predicted octanol–water partition coefficient (Wildman–Crippen LogP) is 7.75. The molecule has 0 saturated carbocycles. The molecule has 0 radical (unpaired) electrons. The van der Waals surface area contributed by atoms with E-state index in [1.165, 1.54) is 0 Å². The van der Waals surface area contributed by atoms with Crippen LogP contribution in [0.15, 0.2) is 24.3 Å². The molecule has 2 heterocycles. The summed E-state index contributed by atoms with van der Waals surface area (Å²) in [5.74, 6) is 0.917. The first-order valence-electron chi connectivity index (χ1n) is 18.4. The maximum Gasteiger partial charge on any atom is 0.412 e. The number of halogens is 2. The standard InChI is InChI=1S/C25H38N4O4.C15H22N4.2ClH/c1-17(2)13-18-15-21(19(16-26)14-20(18)27-22(30)32-24(3,4)5)28-9-11-29(12-10-28)23(31)33-25(6,7)8;1-11(2)7-12-9-15(13(10-16)8-14(12)17)19-5-3-18-4-6-19;;/h14-15,17H,9-13H2,1-8H3,(H,27,30);8-9,11,18H,3-7,17H2,1-2H3;2*1H. The summed E-state index contributed by atoms with van der Waals surface area (Å²) in [6, 6.07) is 12.2. The van der Waals surface area contributed by atoms with Gasteiger partial charge in [0.25, 0.3) is 0 Å². The summed E-state index contributed by atoms with van der Waals surface area (Å²) >= 11 is 0. The minimum absolute atomic E-state index is 0. The van der Waals surface area contributed by atoms with E-state index in [0.717, 1.165) is 67.2 Å². The second-order valence-corrected chi connectivity index (χ2v) is 16.3. The van der Waals surface area contributed by atoms with Gasteiger partial charge in [-0.2, -0.15) is 10.5 Å². The lowest BCUT2D eigenvalue weighted by molar-refractivity contribution is 0.0240. The van der Waals surface area contributed by atoms with Crippen molar-refractivity contribution in [3.63, 3.8) is 0 Å². The molecular formula is C40H62Cl2N8O4. The lowest BCUT2D eigenvalue weighted by atomic mass is 9.97. The molecular weight excluding hydrogens is 727 g/mol. The monoisotopic (exact) mass is 788 g/mol. The van der Waals surface area contributed by atoms with Gasteiger partial charge >= 0.3 is 12.2 Å². The maximum atomic E-state index is 12.4. The van der Waals surface area contributed by atoms with Crippen LogP contribution in [-0.2, 0) is 22.3 Å². The number of nitrogen functional groups attached to an aromatic ring is 1. The number of piperazine rings is 2. The second kappa shape index (κ2) is 21.1. The van der Waals surface area contributed by atoms with Crippen LogP contribution in [0.4, 0.5) is 32.3 Å². The van der Waals surface area contributed by atoms with E-state index in [4.69, 9.17) is 15.2 Å². The molecule has 2 amide bonds. The Kier molecular flexibility index (Phi) is 18.7. The molecule has 0 bridgehead atoms. The van der Waals surface area contributed by atoms with Gasteiger partial charge in [-0.15, -0.1) is 24.8 Å². The van der Waals surface area contributed by atoms with E-state index in [9.17, 15) is 20.1 Å². The number of ether oxygens (including phenoxy) is 2. The normalized spacial score (nSPS) is 14.4. The third kappa shape index (κ3) is 15.0. The zero-order chi connectivity index (χ0) is 38.8. The maximum absolute atomic E-state index is 12.4. The fourth-order valence-electron chi connectivity index (χ4n) is 6.10. The van der Waals surface area contributed by atoms with Crippen LogP contribution in [0.2, 0.25) is 0 Å². The van der Waals surface area contributed by atoms with Crippen molar-refractivity contribution in [2.45, 2.75) is 93.3 Å². The Bertz CT molecular complexity index is 1630. The van der Waals surface area contributed by atoms with Crippen LogP contribution in [-0.4, -0.2) is 80.6 Å². The van der Waals surface area contributed by atoms with Crippen LogP contribution < -0.4 is 26.2 Å². The number of amides is 2. The number of carbonyl (C=O) groups excluding carboxylic acids is 2. The molecule has 0 aliphatic carbocycles. The summed E-state index contributed by atoms with van der Waals surface area (Å²) in [6.45, 7) is 25.6. The lowest BCUT2D eigenvalue weighted by Crippen LogP contribution is -2.50. The van der Waals surface area contributed by atoms with Crippen LogP contribution >= 0.6 is 24.8 Å². The Labute approximate surface area is 335 Å². The summed E-state index contributed by atoms with van der Waals surface area (Å²) in [5, 5.41) is 25.3. The molecule has 0 unspecified atom stereocenters. The minimum atomic E-state index is -0.617. The molecule has 12 nitrogen and oxygen atoms in total. The number of hydrogen-bond donors (Lipinski definition) is 3. The van der Waals surface area contributed by atoms with E-state index in [2.05, 4.69) is 66.3 Å². The van der Waals surface area contributed by atoms with E-state index in [0.29, 0.717) is 54.8 Å². The minimum Gasteiger partial charge on any atom is -0.444 e. The van der Waals surface area contributed by atoms with Crippen molar-refractivity contribution in [2.75, 3.05) is 73.2 Å². The third-order valence-corrected chi connectivity index (χ3v) is 8.34. The van der Waals surface area contributed by atoms with Gasteiger partial charge in [-0.05, 0) is 102 Å². The van der Waals surface area contributed by atoms with E-state index < -0.39 is 17.3 Å². The molecule has 2 aromatic rings. The van der Waals surface area contributed by atoms with Gasteiger partial charge in [0, 0.05) is 63.7 Å². The zero-order valence-electron chi connectivity index (χ0n) is 33.8. The molecule has 0 atom stereocenters. The summed E-state index contributed by atoms with van der Waals surface area (Å²) < 4.78 is 10.9. The number of anilines is 4. The molecule has 0 spiro atoms. The van der Waals surface area contributed by atoms with Crippen molar-refractivity contribution in [3.8, 4) is 12.1 Å². The van der Waals surface area contributed by atoms with Crippen molar-refractivity contribution in [1.29, 1.82) is 10.5 Å². The van der Waals surface area contributed by atoms with Gasteiger partial charge in [0.2, 0.25) is 0 Å². The molecule has 2 fully saturated rings. The van der Waals surface area contributed by atoms with Crippen LogP contribution in [0.5, 0.6) is 0 Å². The highest BCUT2D eigenvalue weighted by Crippen LogP contribution is 2.32. The Hall–Kier alpha value is -4.10. The number of hydrogen-bond acceptors (Lipinski definition) is 10. The van der Waals surface area contributed by atoms with Crippen molar-refractivity contribution < 1.29 is 19.1 Å².